The van der Waals surface area contributed by atoms with Crippen LogP contribution in [0.5, 0.6) is 0 Å². The first-order valence-corrected chi connectivity index (χ1v) is 13.9. The van der Waals surface area contributed by atoms with Crippen LogP contribution >= 0.6 is 0 Å². The maximum absolute atomic E-state index is 13.7. The molecule has 3 aromatic carbocycles. The van der Waals surface area contributed by atoms with Gasteiger partial charge < -0.3 is 20.4 Å². The van der Waals surface area contributed by atoms with E-state index in [9.17, 15) is 40.7 Å². The minimum absolute atomic E-state index is 0.0329. The maximum atomic E-state index is 13.7. The molecule has 44 heavy (non-hydrogen) atoms. The number of amides is 4. The van der Waals surface area contributed by atoms with Gasteiger partial charge in [0, 0.05) is 24.3 Å². The van der Waals surface area contributed by atoms with Crippen molar-refractivity contribution >= 4 is 23.5 Å². The average Bonchev–Trinajstić information content (AvgIpc) is 3.00. The molecule has 1 heterocycles. The normalized spacial score (nSPS) is 18.8. The number of hydrogen-bond acceptors (Lipinski definition) is 3. The number of piperazine rings is 1. The molecule has 1 saturated heterocycles. The van der Waals surface area contributed by atoms with Crippen molar-refractivity contribution in [3.8, 4) is 0 Å². The Kier molecular flexibility index (Phi) is 8.57. The standard InChI is InChI=1S/C31H28F6N4O3/c32-30(33,34)21-10-8-20(9-11-21)28(43)41-17-16-40(29(44)38-23-14-12-22(13-15-23)31(35,36)37)18-26(41)27(42)39-25-7-3-5-19-4-1-2-6-24(19)25/h1-2,4,6,8-15,25-26H,3,5,7,16-18H2,(H,38,44)(H,39,42). The molecule has 1 aliphatic carbocycles. The first-order chi connectivity index (χ1) is 20.8. The summed E-state index contributed by atoms with van der Waals surface area (Å²) in [6.45, 7) is -0.395. The van der Waals surface area contributed by atoms with Crippen molar-refractivity contribution in [2.24, 2.45) is 0 Å². The highest BCUT2D eigenvalue weighted by molar-refractivity contribution is 5.98. The van der Waals surface area contributed by atoms with Crippen molar-refractivity contribution in [1.29, 1.82) is 0 Å². The van der Waals surface area contributed by atoms with E-state index in [2.05, 4.69) is 10.6 Å². The molecule has 2 atom stereocenters. The summed E-state index contributed by atoms with van der Waals surface area (Å²) in [6, 6.07) is 13.0. The number of nitrogens with zero attached hydrogens (tertiary/aromatic N) is 2. The maximum Gasteiger partial charge on any atom is 0.416 e. The smallest absolute Gasteiger partial charge is 0.347 e. The van der Waals surface area contributed by atoms with Crippen LogP contribution < -0.4 is 10.6 Å². The van der Waals surface area contributed by atoms with Gasteiger partial charge in [-0.05, 0) is 78.9 Å². The second-order valence-electron chi connectivity index (χ2n) is 10.7. The number of nitrogens with one attached hydrogen (secondary N) is 2. The Morgan fingerprint density at radius 3 is 2.02 bits per heavy atom. The molecule has 0 radical (unpaired) electrons. The van der Waals surface area contributed by atoms with Crippen LogP contribution in [-0.2, 0) is 23.6 Å². The van der Waals surface area contributed by atoms with Gasteiger partial charge in [0.1, 0.15) is 6.04 Å². The van der Waals surface area contributed by atoms with Crippen molar-refractivity contribution in [3.63, 3.8) is 0 Å². The molecule has 1 aliphatic heterocycles. The van der Waals surface area contributed by atoms with E-state index in [0.29, 0.717) is 6.42 Å². The van der Waals surface area contributed by atoms with Crippen LogP contribution in [0.3, 0.4) is 0 Å². The van der Waals surface area contributed by atoms with Crippen molar-refractivity contribution < 1.29 is 40.7 Å². The number of urea groups is 1. The first kappa shape index (κ1) is 30.9. The van der Waals surface area contributed by atoms with Crippen molar-refractivity contribution in [2.75, 3.05) is 25.0 Å². The predicted molar refractivity (Wildman–Crippen MR) is 149 cm³/mol. The van der Waals surface area contributed by atoms with E-state index in [1.54, 1.807) is 0 Å². The number of hydrogen-bond donors (Lipinski definition) is 2. The third kappa shape index (κ3) is 6.81. The summed E-state index contributed by atoms with van der Waals surface area (Å²) in [6.07, 6.45) is -6.81. The zero-order chi connectivity index (χ0) is 31.6. The van der Waals surface area contributed by atoms with Crippen LogP contribution in [0, 0.1) is 0 Å². The number of alkyl halides is 6. The van der Waals surface area contributed by atoms with Gasteiger partial charge in [0.25, 0.3) is 5.91 Å². The molecule has 5 rings (SSSR count). The first-order valence-electron chi connectivity index (χ1n) is 13.9. The van der Waals surface area contributed by atoms with Crippen molar-refractivity contribution in [2.45, 2.75) is 43.7 Å². The second-order valence-corrected chi connectivity index (χ2v) is 10.7. The molecule has 0 saturated carbocycles. The zero-order valence-electron chi connectivity index (χ0n) is 23.2. The number of anilines is 1. The minimum atomic E-state index is -4.59. The Balaban J connectivity index is 1.36. The number of halogens is 6. The predicted octanol–water partition coefficient (Wildman–Crippen LogP) is 6.28. The number of aryl methyl sites for hydroxylation is 1. The number of fused-ring (bicyclic) bond motifs is 1. The fraction of sp³-hybridized carbons (Fsp3) is 0.323. The van der Waals surface area contributed by atoms with Crippen LogP contribution in [0.4, 0.5) is 36.8 Å². The Labute approximate surface area is 248 Å². The molecule has 0 spiro atoms. The summed E-state index contributed by atoms with van der Waals surface area (Å²) in [7, 11) is 0. The van der Waals surface area contributed by atoms with Crippen molar-refractivity contribution in [3.05, 3.63) is 101 Å². The molecule has 7 nitrogen and oxygen atoms in total. The Bertz CT molecular complexity index is 1520. The third-order valence-electron chi connectivity index (χ3n) is 7.84. The van der Waals surface area contributed by atoms with E-state index in [1.165, 1.54) is 9.80 Å². The van der Waals surface area contributed by atoms with E-state index < -0.39 is 47.4 Å². The molecule has 232 valence electrons. The number of carbonyl (C=O) groups excluding carboxylic acids is 3. The van der Waals surface area contributed by atoms with Crippen LogP contribution in [0.2, 0.25) is 0 Å². The number of carbonyl (C=O) groups is 3. The molecule has 2 aliphatic rings. The summed E-state index contributed by atoms with van der Waals surface area (Å²) in [4.78, 5) is 42.8. The van der Waals surface area contributed by atoms with Gasteiger partial charge in [0.05, 0.1) is 23.7 Å². The van der Waals surface area contributed by atoms with Crippen molar-refractivity contribution in [1.82, 2.24) is 15.1 Å². The van der Waals surface area contributed by atoms with Gasteiger partial charge in [-0.2, -0.15) is 26.3 Å². The molecule has 3 aromatic rings. The quantitative estimate of drug-likeness (QED) is 0.338. The second kappa shape index (κ2) is 12.2. The van der Waals surface area contributed by atoms with Gasteiger partial charge in [-0.1, -0.05) is 24.3 Å². The fourth-order valence-electron chi connectivity index (χ4n) is 5.52. The van der Waals surface area contributed by atoms with Crippen LogP contribution in [0.1, 0.15) is 51.5 Å². The Morgan fingerprint density at radius 2 is 1.39 bits per heavy atom. The highest BCUT2D eigenvalue weighted by Gasteiger charge is 2.39. The average molecular weight is 619 g/mol. The minimum Gasteiger partial charge on any atom is -0.347 e. The molecular formula is C31H28F6N4O3. The Morgan fingerprint density at radius 1 is 0.773 bits per heavy atom. The van der Waals surface area contributed by atoms with Gasteiger partial charge in [-0.3, -0.25) is 9.59 Å². The van der Waals surface area contributed by atoms with Crippen LogP contribution in [-0.4, -0.2) is 53.3 Å². The topological polar surface area (TPSA) is 81.8 Å². The van der Waals surface area contributed by atoms with E-state index in [-0.39, 0.29) is 36.9 Å². The molecular weight excluding hydrogens is 590 g/mol. The lowest BCUT2D eigenvalue weighted by molar-refractivity contribution is -0.138. The highest BCUT2D eigenvalue weighted by atomic mass is 19.4. The number of benzene rings is 3. The molecule has 1 fully saturated rings. The SMILES string of the molecule is O=C(NC1CCCc2ccccc21)C1CN(C(=O)Nc2ccc(C(F)(F)F)cc2)CCN1C(=O)c1ccc(C(F)(F)F)cc1. The third-order valence-corrected chi connectivity index (χ3v) is 7.84. The van der Waals surface area contributed by atoms with Crippen LogP contribution in [0.15, 0.2) is 72.8 Å². The highest BCUT2D eigenvalue weighted by Crippen LogP contribution is 2.32. The summed E-state index contributed by atoms with van der Waals surface area (Å²) in [5.41, 5.74) is 0.270. The van der Waals surface area contributed by atoms with Gasteiger partial charge in [-0.15, -0.1) is 0 Å². The summed E-state index contributed by atoms with van der Waals surface area (Å²) in [5.74, 6) is -1.22. The molecule has 0 bridgehead atoms. The molecule has 13 heteroatoms. The zero-order valence-corrected chi connectivity index (χ0v) is 23.2. The molecule has 2 unspecified atom stereocenters. The van der Waals surface area contributed by atoms with Crippen LogP contribution in [0.25, 0.3) is 0 Å². The lowest BCUT2D eigenvalue weighted by Crippen LogP contribution is -2.62. The summed E-state index contributed by atoms with van der Waals surface area (Å²) in [5, 5.41) is 5.51. The summed E-state index contributed by atoms with van der Waals surface area (Å²) < 4.78 is 78.0. The lowest BCUT2D eigenvalue weighted by atomic mass is 9.87. The van der Waals surface area contributed by atoms with Gasteiger partial charge in [0.15, 0.2) is 0 Å². The molecule has 4 amide bonds. The Hall–Kier alpha value is -4.55. The fourth-order valence-corrected chi connectivity index (χ4v) is 5.52. The molecule has 0 aromatic heterocycles. The number of rotatable bonds is 4. The van der Waals surface area contributed by atoms with Gasteiger partial charge in [0.2, 0.25) is 5.91 Å². The largest absolute Gasteiger partial charge is 0.416 e. The van der Waals surface area contributed by atoms with E-state index >= 15 is 0 Å². The summed E-state index contributed by atoms with van der Waals surface area (Å²) >= 11 is 0. The van der Waals surface area contributed by atoms with Gasteiger partial charge in [-0.25, -0.2) is 4.79 Å². The monoisotopic (exact) mass is 618 g/mol. The molecule has 2 N–H and O–H groups in total. The van der Waals surface area contributed by atoms with E-state index in [4.69, 9.17) is 0 Å². The lowest BCUT2D eigenvalue weighted by Gasteiger charge is -2.41. The van der Waals surface area contributed by atoms with E-state index in [0.717, 1.165) is 72.5 Å². The van der Waals surface area contributed by atoms with E-state index in [1.807, 2.05) is 24.3 Å². The van der Waals surface area contributed by atoms with Gasteiger partial charge >= 0.3 is 18.4 Å².